The van der Waals surface area contributed by atoms with Crippen molar-refractivity contribution >= 4 is 23.7 Å². The molecule has 1 nitrogen and oxygen atoms in total. The van der Waals surface area contributed by atoms with E-state index in [0.717, 1.165) is 6.54 Å². The summed E-state index contributed by atoms with van der Waals surface area (Å²) in [5, 5.41) is 7.97. The van der Waals surface area contributed by atoms with Crippen molar-refractivity contribution in [1.29, 1.82) is 0 Å². The predicted octanol–water partition coefficient (Wildman–Crippen LogP) is 4.47. The molecule has 0 aromatic carbocycles. The van der Waals surface area contributed by atoms with Crippen LogP contribution in [0.25, 0.3) is 0 Å². The topological polar surface area (TPSA) is 12.0 Å². The van der Waals surface area contributed by atoms with E-state index in [0.29, 0.717) is 5.41 Å². The van der Waals surface area contributed by atoms with E-state index in [1.807, 2.05) is 0 Å². The summed E-state index contributed by atoms with van der Waals surface area (Å²) < 4.78 is 0. The van der Waals surface area contributed by atoms with Crippen molar-refractivity contribution in [2.75, 3.05) is 0 Å². The van der Waals surface area contributed by atoms with Crippen LogP contribution in [0.15, 0.2) is 16.8 Å². The van der Waals surface area contributed by atoms with Gasteiger partial charge in [0.1, 0.15) is 0 Å². The molecule has 0 fully saturated rings. The Labute approximate surface area is 110 Å². The van der Waals surface area contributed by atoms with Gasteiger partial charge in [-0.2, -0.15) is 11.3 Å². The maximum absolute atomic E-state index is 3.62. The molecule has 94 valence electrons. The van der Waals surface area contributed by atoms with Crippen LogP contribution in [0.5, 0.6) is 0 Å². The van der Waals surface area contributed by atoms with E-state index < -0.39 is 0 Å². The molecule has 1 aromatic rings. The van der Waals surface area contributed by atoms with Gasteiger partial charge in [0.2, 0.25) is 0 Å². The lowest BCUT2D eigenvalue weighted by molar-refractivity contribution is 0.241. The molecule has 0 aliphatic rings. The third kappa shape index (κ3) is 6.51. The van der Waals surface area contributed by atoms with Gasteiger partial charge in [0.25, 0.3) is 0 Å². The molecule has 1 aromatic heterocycles. The van der Waals surface area contributed by atoms with Gasteiger partial charge in [-0.3, -0.25) is 0 Å². The Kier molecular flexibility index (Phi) is 6.02. The minimum Gasteiger partial charge on any atom is -0.308 e. The average molecular weight is 262 g/mol. The monoisotopic (exact) mass is 261 g/mol. The Morgan fingerprint density at radius 1 is 1.19 bits per heavy atom. The summed E-state index contributed by atoms with van der Waals surface area (Å²) in [7, 11) is 0. The highest BCUT2D eigenvalue weighted by Gasteiger charge is 2.24. The highest BCUT2D eigenvalue weighted by Crippen LogP contribution is 2.27. The SMILES string of the molecule is CC(C)(C)CC(C)(C)NCc1ccsc1.Cl. The van der Waals surface area contributed by atoms with Crippen LogP contribution in [-0.4, -0.2) is 5.54 Å². The van der Waals surface area contributed by atoms with Gasteiger partial charge in [-0.15, -0.1) is 12.4 Å². The van der Waals surface area contributed by atoms with Gasteiger partial charge in [-0.25, -0.2) is 0 Å². The zero-order valence-corrected chi connectivity index (χ0v) is 12.6. The molecule has 1 heterocycles. The molecule has 0 aliphatic carbocycles. The van der Waals surface area contributed by atoms with Gasteiger partial charge in [-0.1, -0.05) is 20.8 Å². The van der Waals surface area contributed by atoms with Crippen molar-refractivity contribution in [2.45, 2.75) is 53.1 Å². The van der Waals surface area contributed by atoms with E-state index in [4.69, 9.17) is 0 Å². The molecular formula is C13H24ClNS. The fraction of sp³-hybridized carbons (Fsp3) is 0.692. The number of hydrogen-bond donors (Lipinski definition) is 1. The van der Waals surface area contributed by atoms with Crippen LogP contribution in [0.1, 0.15) is 46.6 Å². The highest BCUT2D eigenvalue weighted by atomic mass is 35.5. The molecule has 0 saturated heterocycles. The van der Waals surface area contributed by atoms with E-state index in [1.54, 1.807) is 11.3 Å². The lowest BCUT2D eigenvalue weighted by Gasteiger charge is -2.33. The van der Waals surface area contributed by atoms with Crippen LogP contribution < -0.4 is 5.32 Å². The number of rotatable bonds is 4. The molecule has 0 atom stereocenters. The standard InChI is InChI=1S/C13H23NS.ClH/c1-12(2,3)10-13(4,5)14-8-11-6-7-15-9-11;/h6-7,9,14H,8,10H2,1-5H3;1H. The van der Waals surface area contributed by atoms with Crippen LogP contribution in [0.3, 0.4) is 0 Å². The molecule has 0 unspecified atom stereocenters. The first-order valence-electron chi connectivity index (χ1n) is 5.55. The van der Waals surface area contributed by atoms with Gasteiger partial charge in [-0.05, 0) is 48.1 Å². The summed E-state index contributed by atoms with van der Waals surface area (Å²) in [6, 6.07) is 2.19. The Bertz CT molecular complexity index is 285. The number of nitrogens with one attached hydrogen (secondary N) is 1. The molecule has 0 spiro atoms. The third-order valence-electron chi connectivity index (χ3n) is 2.32. The van der Waals surface area contributed by atoms with Crippen molar-refractivity contribution in [3.63, 3.8) is 0 Å². The first-order chi connectivity index (χ1) is 6.79. The Balaban J connectivity index is 0.00000225. The number of halogens is 1. The third-order valence-corrected chi connectivity index (χ3v) is 3.06. The molecule has 1 rings (SSSR count). The summed E-state index contributed by atoms with van der Waals surface area (Å²) in [5.74, 6) is 0. The molecule has 0 aliphatic heterocycles. The zero-order chi connectivity index (χ0) is 11.5. The molecule has 0 saturated carbocycles. The highest BCUT2D eigenvalue weighted by molar-refractivity contribution is 7.07. The van der Waals surface area contributed by atoms with Crippen molar-refractivity contribution in [3.8, 4) is 0 Å². The summed E-state index contributed by atoms with van der Waals surface area (Å²) in [4.78, 5) is 0. The predicted molar refractivity (Wildman–Crippen MR) is 76.6 cm³/mol. The van der Waals surface area contributed by atoms with Gasteiger partial charge < -0.3 is 5.32 Å². The molecule has 0 amide bonds. The summed E-state index contributed by atoms with van der Waals surface area (Å²) in [6.07, 6.45) is 1.18. The summed E-state index contributed by atoms with van der Waals surface area (Å²) in [6.45, 7) is 12.4. The fourth-order valence-electron chi connectivity index (χ4n) is 2.12. The van der Waals surface area contributed by atoms with Crippen LogP contribution >= 0.6 is 23.7 Å². The minimum absolute atomic E-state index is 0. The van der Waals surface area contributed by atoms with Crippen molar-refractivity contribution in [2.24, 2.45) is 5.41 Å². The first-order valence-corrected chi connectivity index (χ1v) is 6.49. The minimum atomic E-state index is 0. The molecule has 1 N–H and O–H groups in total. The molecular weight excluding hydrogens is 238 g/mol. The number of hydrogen-bond acceptors (Lipinski definition) is 2. The van der Waals surface area contributed by atoms with E-state index in [-0.39, 0.29) is 17.9 Å². The van der Waals surface area contributed by atoms with Crippen LogP contribution in [0, 0.1) is 5.41 Å². The van der Waals surface area contributed by atoms with Crippen LogP contribution in [-0.2, 0) is 6.54 Å². The maximum atomic E-state index is 3.62. The Morgan fingerprint density at radius 3 is 2.25 bits per heavy atom. The van der Waals surface area contributed by atoms with Gasteiger partial charge in [0, 0.05) is 12.1 Å². The van der Waals surface area contributed by atoms with E-state index >= 15 is 0 Å². The number of thiophene rings is 1. The van der Waals surface area contributed by atoms with E-state index in [9.17, 15) is 0 Å². The smallest absolute Gasteiger partial charge is 0.0218 e. The molecule has 0 radical (unpaired) electrons. The van der Waals surface area contributed by atoms with Crippen LogP contribution in [0.4, 0.5) is 0 Å². The average Bonchev–Trinajstić information content (AvgIpc) is 2.47. The second kappa shape index (κ2) is 6.04. The lowest BCUT2D eigenvalue weighted by atomic mass is 9.82. The van der Waals surface area contributed by atoms with Gasteiger partial charge in [0.15, 0.2) is 0 Å². The Morgan fingerprint density at radius 2 is 1.81 bits per heavy atom. The van der Waals surface area contributed by atoms with Crippen molar-refractivity contribution in [1.82, 2.24) is 5.32 Å². The molecule has 16 heavy (non-hydrogen) atoms. The van der Waals surface area contributed by atoms with Crippen molar-refractivity contribution in [3.05, 3.63) is 22.4 Å². The van der Waals surface area contributed by atoms with E-state index in [2.05, 4.69) is 56.8 Å². The lowest BCUT2D eigenvalue weighted by Crippen LogP contribution is -2.41. The normalized spacial score (nSPS) is 12.3. The van der Waals surface area contributed by atoms with Gasteiger partial charge in [0.05, 0.1) is 0 Å². The second-order valence-electron chi connectivity index (χ2n) is 6.11. The zero-order valence-electron chi connectivity index (χ0n) is 11.0. The summed E-state index contributed by atoms with van der Waals surface area (Å²) in [5.41, 5.74) is 1.98. The van der Waals surface area contributed by atoms with E-state index in [1.165, 1.54) is 12.0 Å². The van der Waals surface area contributed by atoms with Crippen LogP contribution in [0.2, 0.25) is 0 Å². The van der Waals surface area contributed by atoms with Crippen molar-refractivity contribution < 1.29 is 0 Å². The summed E-state index contributed by atoms with van der Waals surface area (Å²) >= 11 is 1.76. The quantitative estimate of drug-likeness (QED) is 0.843. The second-order valence-corrected chi connectivity index (χ2v) is 6.89. The van der Waals surface area contributed by atoms with Gasteiger partial charge >= 0.3 is 0 Å². The largest absolute Gasteiger partial charge is 0.308 e. The first kappa shape index (κ1) is 16.0. The Hall–Kier alpha value is -0.0500. The fourth-order valence-corrected chi connectivity index (χ4v) is 2.79. The molecule has 3 heteroatoms. The molecule has 0 bridgehead atoms. The maximum Gasteiger partial charge on any atom is 0.0218 e.